The number of nitrogen functional groups attached to an aromatic ring is 1. The molecule has 1 amide bonds. The highest BCUT2D eigenvalue weighted by atomic mass is 16.6. The second-order valence-corrected chi connectivity index (χ2v) is 4.90. The van der Waals surface area contributed by atoms with Crippen LogP contribution < -0.4 is 15.8 Å². The third-order valence-corrected chi connectivity index (χ3v) is 1.89. The van der Waals surface area contributed by atoms with E-state index in [-0.39, 0.29) is 6.54 Å². The number of nitrogens with two attached hydrogens (primary N) is 1. The largest absolute Gasteiger partial charge is 0.459 e. The van der Waals surface area contributed by atoms with Crippen molar-refractivity contribution in [3.05, 3.63) is 24.3 Å². The van der Waals surface area contributed by atoms with E-state index < -0.39 is 17.7 Å². The maximum Gasteiger partial charge on any atom is 0.413 e. The van der Waals surface area contributed by atoms with Crippen molar-refractivity contribution in [1.82, 2.24) is 5.32 Å². The van der Waals surface area contributed by atoms with Gasteiger partial charge in [0.15, 0.2) is 0 Å². The molecule has 0 fully saturated rings. The minimum absolute atomic E-state index is 0.245. The van der Waals surface area contributed by atoms with Gasteiger partial charge < -0.3 is 20.5 Å². The summed E-state index contributed by atoms with van der Waals surface area (Å²) in [5.41, 5.74) is 5.48. The molecule has 104 valence electrons. The van der Waals surface area contributed by atoms with E-state index in [2.05, 4.69) is 5.32 Å². The lowest BCUT2D eigenvalue weighted by atomic mass is 10.2. The van der Waals surface area contributed by atoms with Crippen molar-refractivity contribution in [2.45, 2.75) is 26.4 Å². The number of amides is 1. The van der Waals surface area contributed by atoms with E-state index in [1.54, 1.807) is 45.0 Å². The first-order chi connectivity index (χ1) is 8.76. The predicted octanol–water partition coefficient (Wildman–Crippen LogP) is 1.70. The third-order valence-electron chi connectivity index (χ3n) is 1.89. The maximum atomic E-state index is 11.4. The highest BCUT2D eigenvalue weighted by Gasteiger charge is 2.17. The Bertz CT molecular complexity index is 449. The zero-order valence-corrected chi connectivity index (χ0v) is 11.2. The summed E-state index contributed by atoms with van der Waals surface area (Å²) in [6.45, 7) is 5.00. The number of ether oxygens (including phenoxy) is 2. The molecule has 0 radical (unpaired) electrons. The number of anilines is 1. The van der Waals surface area contributed by atoms with Crippen molar-refractivity contribution in [2.75, 3.05) is 12.3 Å². The first-order valence-electron chi connectivity index (χ1n) is 5.79. The molecule has 1 rings (SSSR count). The standard InChI is InChI=1S/C13H18N2O4/c1-13(2,3)19-11(16)8-15-12(17)18-10-6-4-9(14)5-7-10/h4-7H,8,14H2,1-3H3,(H,15,17). The average molecular weight is 266 g/mol. The van der Waals surface area contributed by atoms with Crippen LogP contribution in [0.5, 0.6) is 5.75 Å². The Labute approximate surface area is 111 Å². The highest BCUT2D eigenvalue weighted by Crippen LogP contribution is 2.13. The molecule has 0 bridgehead atoms. The van der Waals surface area contributed by atoms with Gasteiger partial charge in [-0.2, -0.15) is 0 Å². The predicted molar refractivity (Wildman–Crippen MR) is 70.7 cm³/mol. The number of esters is 1. The molecule has 0 aromatic heterocycles. The molecule has 0 heterocycles. The quantitative estimate of drug-likeness (QED) is 0.642. The van der Waals surface area contributed by atoms with Crippen molar-refractivity contribution in [1.29, 1.82) is 0 Å². The summed E-state index contributed by atoms with van der Waals surface area (Å²) in [6.07, 6.45) is -0.726. The minimum atomic E-state index is -0.726. The van der Waals surface area contributed by atoms with Gasteiger partial charge in [0.2, 0.25) is 0 Å². The van der Waals surface area contributed by atoms with Gasteiger partial charge in [0.25, 0.3) is 0 Å². The second kappa shape index (κ2) is 6.08. The Morgan fingerprint density at radius 2 is 1.79 bits per heavy atom. The van der Waals surface area contributed by atoms with Crippen molar-refractivity contribution in [3.63, 3.8) is 0 Å². The normalized spacial score (nSPS) is 10.7. The summed E-state index contributed by atoms with van der Waals surface area (Å²) in [7, 11) is 0. The first-order valence-corrected chi connectivity index (χ1v) is 5.79. The lowest BCUT2D eigenvalue weighted by Crippen LogP contribution is -2.36. The van der Waals surface area contributed by atoms with Crippen LogP contribution in [0, 0.1) is 0 Å². The number of hydrogen-bond donors (Lipinski definition) is 2. The number of benzene rings is 1. The van der Waals surface area contributed by atoms with Crippen LogP contribution >= 0.6 is 0 Å². The molecule has 1 aromatic rings. The fraction of sp³-hybridized carbons (Fsp3) is 0.385. The average Bonchev–Trinajstić information content (AvgIpc) is 2.27. The van der Waals surface area contributed by atoms with Crippen LogP contribution in [0.2, 0.25) is 0 Å². The number of carbonyl (C=O) groups excluding carboxylic acids is 2. The molecule has 3 N–H and O–H groups in total. The molecule has 6 heteroatoms. The van der Waals surface area contributed by atoms with Crippen molar-refractivity contribution in [2.24, 2.45) is 0 Å². The van der Waals surface area contributed by atoms with Crippen molar-refractivity contribution < 1.29 is 19.1 Å². The van der Waals surface area contributed by atoms with Gasteiger partial charge >= 0.3 is 12.1 Å². The van der Waals surface area contributed by atoms with Crippen LogP contribution in [0.15, 0.2) is 24.3 Å². The SMILES string of the molecule is CC(C)(C)OC(=O)CNC(=O)Oc1ccc(N)cc1. The Balaban J connectivity index is 2.36. The van der Waals surface area contributed by atoms with Gasteiger partial charge in [-0.1, -0.05) is 0 Å². The fourth-order valence-electron chi connectivity index (χ4n) is 1.20. The molecule has 0 unspecified atom stereocenters. The number of hydrogen-bond acceptors (Lipinski definition) is 5. The summed E-state index contributed by atoms with van der Waals surface area (Å²) in [6, 6.07) is 6.33. The number of nitrogens with one attached hydrogen (secondary N) is 1. The van der Waals surface area contributed by atoms with Crippen LogP contribution in [0.1, 0.15) is 20.8 Å². The van der Waals surface area contributed by atoms with Gasteiger partial charge in [-0.05, 0) is 45.0 Å². The van der Waals surface area contributed by atoms with E-state index in [1.807, 2.05) is 0 Å². The summed E-state index contributed by atoms with van der Waals surface area (Å²) in [5, 5.41) is 2.30. The smallest absolute Gasteiger partial charge is 0.413 e. The fourth-order valence-corrected chi connectivity index (χ4v) is 1.20. The van der Waals surface area contributed by atoms with Crippen LogP contribution in [-0.4, -0.2) is 24.2 Å². The van der Waals surface area contributed by atoms with Crippen LogP contribution in [0.3, 0.4) is 0 Å². The molecule has 0 saturated heterocycles. The maximum absolute atomic E-state index is 11.4. The van der Waals surface area contributed by atoms with E-state index in [0.29, 0.717) is 11.4 Å². The van der Waals surface area contributed by atoms with Gasteiger partial charge in [0.1, 0.15) is 17.9 Å². The molecule has 6 nitrogen and oxygen atoms in total. The second-order valence-electron chi connectivity index (χ2n) is 4.90. The van der Waals surface area contributed by atoms with E-state index >= 15 is 0 Å². The molecule has 0 atom stereocenters. The van der Waals surface area contributed by atoms with Crippen molar-refractivity contribution in [3.8, 4) is 5.75 Å². The Morgan fingerprint density at radius 3 is 2.32 bits per heavy atom. The third kappa shape index (κ3) is 6.30. The molecule has 0 spiro atoms. The van der Waals surface area contributed by atoms with E-state index in [1.165, 1.54) is 0 Å². The molecule has 0 saturated carbocycles. The van der Waals surface area contributed by atoms with E-state index in [0.717, 1.165) is 0 Å². The van der Waals surface area contributed by atoms with Gasteiger partial charge in [-0.15, -0.1) is 0 Å². The monoisotopic (exact) mass is 266 g/mol. The number of rotatable bonds is 3. The van der Waals surface area contributed by atoms with E-state index in [9.17, 15) is 9.59 Å². The molecule has 0 aliphatic rings. The topological polar surface area (TPSA) is 90.6 Å². The Kier molecular flexibility index (Phi) is 4.74. The lowest BCUT2D eigenvalue weighted by Gasteiger charge is -2.19. The Hall–Kier alpha value is -2.24. The van der Waals surface area contributed by atoms with Gasteiger partial charge in [-0.3, -0.25) is 4.79 Å². The van der Waals surface area contributed by atoms with Crippen LogP contribution in [0.25, 0.3) is 0 Å². The summed E-state index contributed by atoms with van der Waals surface area (Å²) in [5.74, 6) is -0.183. The van der Waals surface area contributed by atoms with Crippen LogP contribution in [-0.2, 0) is 9.53 Å². The van der Waals surface area contributed by atoms with Gasteiger partial charge in [0, 0.05) is 5.69 Å². The summed E-state index contributed by atoms with van der Waals surface area (Å²) >= 11 is 0. The zero-order chi connectivity index (χ0) is 14.5. The molecular formula is C13H18N2O4. The minimum Gasteiger partial charge on any atom is -0.459 e. The zero-order valence-electron chi connectivity index (χ0n) is 11.2. The molecular weight excluding hydrogens is 248 g/mol. The summed E-state index contributed by atoms with van der Waals surface area (Å²) < 4.78 is 9.96. The Morgan fingerprint density at radius 1 is 1.21 bits per heavy atom. The lowest BCUT2D eigenvalue weighted by molar-refractivity contribution is -0.153. The molecule has 19 heavy (non-hydrogen) atoms. The molecule has 0 aliphatic carbocycles. The van der Waals surface area contributed by atoms with Gasteiger partial charge in [0.05, 0.1) is 0 Å². The van der Waals surface area contributed by atoms with Crippen LogP contribution in [0.4, 0.5) is 10.5 Å². The van der Waals surface area contributed by atoms with E-state index in [4.69, 9.17) is 15.2 Å². The van der Waals surface area contributed by atoms with Gasteiger partial charge in [-0.25, -0.2) is 4.79 Å². The molecule has 0 aliphatic heterocycles. The summed E-state index contributed by atoms with van der Waals surface area (Å²) in [4.78, 5) is 22.7. The number of carbonyl (C=O) groups is 2. The van der Waals surface area contributed by atoms with Crippen molar-refractivity contribution >= 4 is 17.7 Å². The first kappa shape index (κ1) is 14.8. The highest BCUT2D eigenvalue weighted by molar-refractivity contribution is 5.79. The molecule has 1 aromatic carbocycles.